The van der Waals surface area contributed by atoms with Crippen molar-refractivity contribution in [1.29, 1.82) is 0 Å². The molecule has 1 rings (SSSR count). The molecule has 14 heavy (non-hydrogen) atoms. The van der Waals surface area contributed by atoms with Crippen molar-refractivity contribution < 1.29 is 26.7 Å². The molecule has 0 aromatic rings. The largest absolute Gasteiger partial charge is 0.395 e. The Morgan fingerprint density at radius 1 is 1.14 bits per heavy atom. The molecule has 1 atom stereocenters. The third-order valence-electron chi connectivity index (χ3n) is 2.93. The molecule has 0 aliphatic heterocycles. The van der Waals surface area contributed by atoms with Crippen molar-refractivity contribution >= 4 is 0 Å². The van der Waals surface area contributed by atoms with E-state index in [0.29, 0.717) is 12.5 Å². The molecule has 4 heteroatoms. The summed E-state index contributed by atoms with van der Waals surface area (Å²) in [7, 11) is 0. The molecule has 0 radical (unpaired) electrons. The monoisotopic (exact) mass is 245 g/mol. The molecule has 88 valence electrons. The van der Waals surface area contributed by atoms with E-state index in [0.717, 1.165) is 0 Å². The van der Waals surface area contributed by atoms with Crippen molar-refractivity contribution in [2.75, 3.05) is 19.8 Å². The van der Waals surface area contributed by atoms with Gasteiger partial charge in [0.1, 0.15) is 0 Å². The molecule has 3 N–H and O–H groups in total. The Kier molecular flexibility index (Phi) is 8.89. The van der Waals surface area contributed by atoms with Gasteiger partial charge in [-0.2, -0.15) is 0 Å². The summed E-state index contributed by atoms with van der Waals surface area (Å²) < 4.78 is 0. The summed E-state index contributed by atoms with van der Waals surface area (Å²) in [4.78, 5) is 0. The summed E-state index contributed by atoms with van der Waals surface area (Å²) in [5.41, 5.74) is 0. The predicted octanol–water partition coefficient (Wildman–Crippen LogP) is 0.507. The summed E-state index contributed by atoms with van der Waals surface area (Å²) in [6.45, 7) is 0.954. The van der Waals surface area contributed by atoms with Crippen LogP contribution in [-0.4, -0.2) is 36.0 Å². The van der Waals surface area contributed by atoms with Gasteiger partial charge in [-0.1, -0.05) is 19.3 Å². The first-order valence-electron chi connectivity index (χ1n) is 5.33. The van der Waals surface area contributed by atoms with E-state index >= 15 is 0 Å². The van der Waals surface area contributed by atoms with E-state index in [1.54, 1.807) is 0 Å². The maximum Gasteiger partial charge on any atom is 0.0587 e. The maximum absolute atomic E-state index is 9.16. The number of rotatable bonds is 5. The summed E-state index contributed by atoms with van der Waals surface area (Å²) in [6, 6.07) is 0.201. The van der Waals surface area contributed by atoms with Crippen LogP contribution in [-0.2, 0) is 16.5 Å². The smallest absolute Gasteiger partial charge is 0.0587 e. The minimum Gasteiger partial charge on any atom is -0.395 e. The normalized spacial score (nSPS) is 20.1. The van der Waals surface area contributed by atoms with Gasteiger partial charge in [-0.25, -0.2) is 0 Å². The average Bonchev–Trinajstić information content (AvgIpc) is 2.21. The molecule has 0 heterocycles. The Bertz CT molecular complexity index is 129. The molecule has 0 amide bonds. The van der Waals surface area contributed by atoms with E-state index in [2.05, 4.69) is 5.32 Å². The maximum atomic E-state index is 9.16. The first-order valence-corrected chi connectivity index (χ1v) is 5.33. The van der Waals surface area contributed by atoms with Gasteiger partial charge < -0.3 is 15.5 Å². The molecule has 1 aliphatic rings. The molecular weight excluding hydrogens is 225 g/mol. The van der Waals surface area contributed by atoms with Crippen LogP contribution in [0.3, 0.4) is 0 Å². The third kappa shape index (κ3) is 4.74. The minimum absolute atomic E-state index is 0. The van der Waals surface area contributed by atoms with Gasteiger partial charge in [0.25, 0.3) is 0 Å². The van der Waals surface area contributed by atoms with Crippen LogP contribution in [0.15, 0.2) is 0 Å². The summed E-state index contributed by atoms with van der Waals surface area (Å²) >= 11 is 0. The quantitative estimate of drug-likeness (QED) is 0.619. The molecule has 0 aromatic heterocycles. The second-order valence-electron chi connectivity index (χ2n) is 3.86. The number of hydrogen-bond acceptors (Lipinski definition) is 3. The Balaban J connectivity index is 0.00000169. The number of aliphatic hydroxyl groups is 2. The van der Waals surface area contributed by atoms with Crippen LogP contribution in [0.2, 0.25) is 0 Å². The first kappa shape index (κ1) is 14.4. The Labute approximate surface area is 96.2 Å². The predicted molar refractivity (Wildman–Crippen MR) is 52.5 cm³/mol. The van der Waals surface area contributed by atoms with Crippen LogP contribution in [0.1, 0.15) is 32.1 Å². The standard InChI is InChI=1S/C10H21NO2.Ni/c12-7-6-11-10(8-13)9-4-2-1-3-5-9;/h9-13H,1-8H2;. The molecule has 3 nitrogen and oxygen atoms in total. The fourth-order valence-electron chi connectivity index (χ4n) is 2.17. The van der Waals surface area contributed by atoms with Crippen LogP contribution >= 0.6 is 0 Å². The second-order valence-corrected chi connectivity index (χ2v) is 3.86. The van der Waals surface area contributed by atoms with Crippen molar-refractivity contribution in [3.63, 3.8) is 0 Å². The Morgan fingerprint density at radius 3 is 2.29 bits per heavy atom. The molecule has 0 saturated heterocycles. The van der Waals surface area contributed by atoms with Gasteiger partial charge in [-0.05, 0) is 18.8 Å². The fourth-order valence-corrected chi connectivity index (χ4v) is 2.17. The molecule has 1 saturated carbocycles. The van der Waals surface area contributed by atoms with Crippen LogP contribution in [0.5, 0.6) is 0 Å². The zero-order valence-electron chi connectivity index (χ0n) is 8.52. The van der Waals surface area contributed by atoms with E-state index in [-0.39, 0.29) is 35.7 Å². The van der Waals surface area contributed by atoms with E-state index in [1.807, 2.05) is 0 Å². The van der Waals surface area contributed by atoms with Gasteiger partial charge in [0, 0.05) is 29.1 Å². The topological polar surface area (TPSA) is 52.5 Å². The van der Waals surface area contributed by atoms with Gasteiger partial charge in [-0.3, -0.25) is 0 Å². The van der Waals surface area contributed by atoms with E-state index in [1.165, 1.54) is 32.1 Å². The molecule has 1 fully saturated rings. The van der Waals surface area contributed by atoms with E-state index in [4.69, 9.17) is 10.2 Å². The SMILES string of the molecule is OCCNC(CO)C1CCCCC1.[Ni]. The fraction of sp³-hybridized carbons (Fsp3) is 1.00. The van der Waals surface area contributed by atoms with Gasteiger partial charge >= 0.3 is 0 Å². The minimum atomic E-state index is 0. The third-order valence-corrected chi connectivity index (χ3v) is 2.93. The Hall–Kier alpha value is 0.374. The average molecular weight is 246 g/mol. The molecule has 0 spiro atoms. The van der Waals surface area contributed by atoms with Crippen molar-refractivity contribution in [1.82, 2.24) is 5.32 Å². The van der Waals surface area contributed by atoms with Crippen molar-refractivity contribution in [3.8, 4) is 0 Å². The molecule has 0 aromatic carbocycles. The van der Waals surface area contributed by atoms with Crippen molar-refractivity contribution in [2.24, 2.45) is 5.92 Å². The molecule has 1 aliphatic carbocycles. The van der Waals surface area contributed by atoms with Crippen LogP contribution < -0.4 is 5.32 Å². The zero-order chi connectivity index (χ0) is 9.52. The van der Waals surface area contributed by atoms with Gasteiger partial charge in [0.2, 0.25) is 0 Å². The zero-order valence-corrected chi connectivity index (χ0v) is 9.51. The number of aliphatic hydroxyl groups excluding tert-OH is 2. The molecular formula is C10H21NNiO2. The van der Waals surface area contributed by atoms with E-state index in [9.17, 15) is 0 Å². The Morgan fingerprint density at radius 2 is 1.79 bits per heavy atom. The molecule has 1 unspecified atom stereocenters. The van der Waals surface area contributed by atoms with Gasteiger partial charge in [-0.15, -0.1) is 0 Å². The van der Waals surface area contributed by atoms with Gasteiger partial charge in [0.15, 0.2) is 0 Å². The summed E-state index contributed by atoms with van der Waals surface area (Å²) in [5, 5.41) is 21.0. The first-order chi connectivity index (χ1) is 6.38. The summed E-state index contributed by atoms with van der Waals surface area (Å²) in [6.07, 6.45) is 6.38. The van der Waals surface area contributed by atoms with Crippen LogP contribution in [0.4, 0.5) is 0 Å². The van der Waals surface area contributed by atoms with Crippen LogP contribution in [0.25, 0.3) is 0 Å². The number of hydrogen-bond donors (Lipinski definition) is 3. The molecule has 0 bridgehead atoms. The van der Waals surface area contributed by atoms with Gasteiger partial charge in [0.05, 0.1) is 13.2 Å². The van der Waals surface area contributed by atoms with E-state index < -0.39 is 0 Å². The second kappa shape index (κ2) is 8.66. The summed E-state index contributed by atoms with van der Waals surface area (Å²) in [5.74, 6) is 0.616. The van der Waals surface area contributed by atoms with Crippen molar-refractivity contribution in [2.45, 2.75) is 38.1 Å². The van der Waals surface area contributed by atoms with Crippen molar-refractivity contribution in [3.05, 3.63) is 0 Å². The number of nitrogens with one attached hydrogen (secondary N) is 1. The van der Waals surface area contributed by atoms with Crippen LogP contribution in [0, 0.1) is 5.92 Å².